The highest BCUT2D eigenvalue weighted by molar-refractivity contribution is 6.44. The van der Waals surface area contributed by atoms with Gasteiger partial charge in [-0.2, -0.15) is 0 Å². The van der Waals surface area contributed by atoms with Crippen molar-refractivity contribution in [2.45, 2.75) is 13.3 Å². The number of halogens is 2. The molecule has 0 amide bonds. The maximum atomic E-state index is 11.5. The average Bonchev–Trinajstić information content (AvgIpc) is 2.24. The number of hydrogen-bond acceptors (Lipinski definition) is 4. The van der Waals surface area contributed by atoms with E-state index in [1.54, 1.807) is 0 Å². The van der Waals surface area contributed by atoms with E-state index in [0.717, 1.165) is 6.07 Å². The molecule has 1 aromatic rings. The average molecular weight is 265 g/mol. The van der Waals surface area contributed by atoms with Crippen LogP contribution in [-0.4, -0.2) is 22.8 Å². The number of hydrogen-bond donors (Lipinski definition) is 2. The molecule has 0 radical (unpaired) electrons. The van der Waals surface area contributed by atoms with E-state index < -0.39 is 17.5 Å². The Morgan fingerprint density at radius 3 is 2.62 bits per heavy atom. The molecule has 6 heteroatoms. The summed E-state index contributed by atoms with van der Waals surface area (Å²) in [5, 5.41) is 18.6. The van der Waals surface area contributed by atoms with E-state index in [1.807, 2.05) is 6.92 Å². The standard InChI is InChI=1S/C10H10Cl2O4/c1-2-3-16-10(15)7-8(12)5(11)4-6(13)9(7)14/h4,13-14H,2-3H2,1H3. The fraction of sp³-hybridized carbons (Fsp3) is 0.300. The number of carbonyl (C=O) groups excluding carboxylic acids is 1. The predicted molar refractivity (Wildman–Crippen MR) is 60.4 cm³/mol. The van der Waals surface area contributed by atoms with Gasteiger partial charge in [0.2, 0.25) is 0 Å². The Labute approximate surface area is 102 Å². The second-order valence-corrected chi connectivity index (χ2v) is 3.84. The van der Waals surface area contributed by atoms with Crippen LogP contribution in [0.1, 0.15) is 23.7 Å². The number of aromatic hydroxyl groups is 2. The van der Waals surface area contributed by atoms with Crippen LogP contribution in [0.3, 0.4) is 0 Å². The quantitative estimate of drug-likeness (QED) is 0.651. The van der Waals surface area contributed by atoms with Gasteiger partial charge in [-0.3, -0.25) is 0 Å². The molecule has 0 heterocycles. The Morgan fingerprint density at radius 2 is 2.06 bits per heavy atom. The third-order valence-corrected chi connectivity index (χ3v) is 2.60. The first-order chi connectivity index (χ1) is 7.49. The van der Waals surface area contributed by atoms with Crippen molar-refractivity contribution in [1.29, 1.82) is 0 Å². The van der Waals surface area contributed by atoms with Gasteiger partial charge in [-0.25, -0.2) is 4.79 Å². The molecule has 0 spiro atoms. The lowest BCUT2D eigenvalue weighted by Crippen LogP contribution is -2.07. The summed E-state index contributed by atoms with van der Waals surface area (Å²) in [5.41, 5.74) is -0.319. The highest BCUT2D eigenvalue weighted by Crippen LogP contribution is 2.39. The van der Waals surface area contributed by atoms with Gasteiger partial charge >= 0.3 is 5.97 Å². The Morgan fingerprint density at radius 1 is 1.44 bits per heavy atom. The molecule has 0 saturated heterocycles. The van der Waals surface area contributed by atoms with Crippen LogP contribution in [-0.2, 0) is 4.74 Å². The zero-order chi connectivity index (χ0) is 12.3. The molecule has 2 N–H and O–H groups in total. The van der Waals surface area contributed by atoms with Crippen molar-refractivity contribution in [1.82, 2.24) is 0 Å². The van der Waals surface area contributed by atoms with E-state index >= 15 is 0 Å². The van der Waals surface area contributed by atoms with E-state index in [-0.39, 0.29) is 22.2 Å². The zero-order valence-corrected chi connectivity index (χ0v) is 9.97. The Kier molecular flexibility index (Phi) is 4.26. The number of rotatable bonds is 3. The maximum Gasteiger partial charge on any atom is 0.343 e. The molecule has 0 bridgehead atoms. The summed E-state index contributed by atoms with van der Waals surface area (Å²) in [7, 11) is 0. The van der Waals surface area contributed by atoms with E-state index in [0.29, 0.717) is 6.42 Å². The number of esters is 1. The third kappa shape index (κ3) is 2.51. The molecule has 0 aliphatic rings. The van der Waals surface area contributed by atoms with E-state index in [1.165, 1.54) is 0 Å². The van der Waals surface area contributed by atoms with Crippen molar-refractivity contribution < 1.29 is 19.7 Å². The predicted octanol–water partition coefficient (Wildman–Crippen LogP) is 2.97. The lowest BCUT2D eigenvalue weighted by Gasteiger charge is -2.09. The first-order valence-corrected chi connectivity index (χ1v) is 5.31. The second kappa shape index (κ2) is 5.27. The minimum absolute atomic E-state index is 0.0274. The molecule has 0 atom stereocenters. The topological polar surface area (TPSA) is 66.8 Å². The Hall–Kier alpha value is -1.13. The minimum Gasteiger partial charge on any atom is -0.504 e. The molecule has 0 aliphatic carbocycles. The molecule has 1 rings (SSSR count). The van der Waals surface area contributed by atoms with Gasteiger partial charge in [-0.1, -0.05) is 30.1 Å². The molecular weight excluding hydrogens is 255 g/mol. The van der Waals surface area contributed by atoms with Crippen LogP contribution in [0.5, 0.6) is 11.5 Å². The fourth-order valence-corrected chi connectivity index (χ4v) is 1.48. The molecule has 4 nitrogen and oxygen atoms in total. The van der Waals surface area contributed by atoms with Crippen LogP contribution in [0.25, 0.3) is 0 Å². The van der Waals surface area contributed by atoms with Crippen molar-refractivity contribution in [3.05, 3.63) is 21.7 Å². The van der Waals surface area contributed by atoms with Crippen LogP contribution < -0.4 is 0 Å². The monoisotopic (exact) mass is 264 g/mol. The van der Waals surface area contributed by atoms with Gasteiger partial charge in [0.15, 0.2) is 11.5 Å². The third-order valence-electron chi connectivity index (χ3n) is 1.81. The largest absolute Gasteiger partial charge is 0.504 e. The summed E-state index contributed by atoms with van der Waals surface area (Å²) in [4.78, 5) is 11.5. The lowest BCUT2D eigenvalue weighted by molar-refractivity contribution is 0.0501. The van der Waals surface area contributed by atoms with E-state index in [2.05, 4.69) is 0 Å². The normalized spacial score (nSPS) is 10.2. The number of carbonyl (C=O) groups is 1. The van der Waals surface area contributed by atoms with Crippen LogP contribution in [0, 0.1) is 0 Å². The molecule has 0 aromatic heterocycles. The van der Waals surface area contributed by atoms with Gasteiger partial charge < -0.3 is 14.9 Å². The second-order valence-electron chi connectivity index (χ2n) is 3.05. The first-order valence-electron chi connectivity index (χ1n) is 4.56. The molecule has 88 valence electrons. The van der Waals surface area contributed by atoms with Crippen molar-refractivity contribution in [2.75, 3.05) is 6.61 Å². The minimum atomic E-state index is -0.817. The molecule has 0 fully saturated rings. The highest BCUT2D eigenvalue weighted by Gasteiger charge is 2.22. The van der Waals surface area contributed by atoms with E-state index in [4.69, 9.17) is 27.9 Å². The summed E-state index contributed by atoms with van der Waals surface area (Å²) in [6.07, 6.45) is 0.636. The van der Waals surface area contributed by atoms with Crippen molar-refractivity contribution >= 4 is 29.2 Å². The summed E-state index contributed by atoms with van der Waals surface area (Å²) in [6.45, 7) is 2.02. The van der Waals surface area contributed by atoms with Gasteiger partial charge in [-0.15, -0.1) is 0 Å². The van der Waals surface area contributed by atoms with Gasteiger partial charge in [0, 0.05) is 6.07 Å². The Balaban J connectivity index is 3.16. The number of benzene rings is 1. The SMILES string of the molecule is CCCOC(=O)c1c(O)c(O)cc(Cl)c1Cl. The molecule has 0 aliphatic heterocycles. The van der Waals surface area contributed by atoms with Crippen molar-refractivity contribution in [3.63, 3.8) is 0 Å². The molecular formula is C10H10Cl2O4. The summed E-state index contributed by atoms with van der Waals surface area (Å²) in [6, 6.07) is 1.05. The summed E-state index contributed by atoms with van der Waals surface area (Å²) in [5.74, 6) is -1.96. The lowest BCUT2D eigenvalue weighted by atomic mass is 10.2. The number of phenols is 2. The number of ether oxygens (including phenoxy) is 1. The van der Waals surface area contributed by atoms with Crippen LogP contribution in [0.2, 0.25) is 10.0 Å². The van der Waals surface area contributed by atoms with Gasteiger partial charge in [0.05, 0.1) is 16.7 Å². The van der Waals surface area contributed by atoms with Crippen molar-refractivity contribution in [3.8, 4) is 11.5 Å². The summed E-state index contributed by atoms with van der Waals surface area (Å²) >= 11 is 11.4. The van der Waals surface area contributed by atoms with Crippen LogP contribution >= 0.6 is 23.2 Å². The van der Waals surface area contributed by atoms with Crippen LogP contribution in [0.15, 0.2) is 6.07 Å². The van der Waals surface area contributed by atoms with Gasteiger partial charge in [0.25, 0.3) is 0 Å². The van der Waals surface area contributed by atoms with Gasteiger partial charge in [0.1, 0.15) is 5.56 Å². The molecule has 0 saturated carbocycles. The van der Waals surface area contributed by atoms with Crippen LogP contribution in [0.4, 0.5) is 0 Å². The summed E-state index contributed by atoms with van der Waals surface area (Å²) < 4.78 is 4.80. The van der Waals surface area contributed by atoms with Crippen molar-refractivity contribution in [2.24, 2.45) is 0 Å². The maximum absolute atomic E-state index is 11.5. The van der Waals surface area contributed by atoms with Gasteiger partial charge in [-0.05, 0) is 6.42 Å². The number of phenolic OH excluding ortho intramolecular Hbond substituents is 2. The Bertz CT molecular complexity index is 392. The highest BCUT2D eigenvalue weighted by atomic mass is 35.5. The molecule has 16 heavy (non-hydrogen) atoms. The zero-order valence-electron chi connectivity index (χ0n) is 8.46. The van der Waals surface area contributed by atoms with E-state index in [9.17, 15) is 15.0 Å². The molecule has 0 unspecified atom stereocenters. The fourth-order valence-electron chi connectivity index (χ4n) is 1.06. The molecule has 1 aromatic carbocycles. The smallest absolute Gasteiger partial charge is 0.343 e. The first kappa shape index (κ1) is 12.9.